The average Bonchev–Trinajstić information content (AvgIpc) is 3.16. The molecule has 0 saturated heterocycles. The number of nitrogens with one attached hydrogen (secondary N) is 1. The van der Waals surface area contributed by atoms with Gasteiger partial charge < -0.3 is 14.6 Å². The molecule has 4 nitrogen and oxygen atoms in total. The predicted molar refractivity (Wildman–Crippen MR) is 82.8 cm³/mol. The molecule has 1 aliphatic rings. The number of urea groups is 1. The first-order valence-corrected chi connectivity index (χ1v) is 7.44. The third-order valence-electron chi connectivity index (χ3n) is 3.33. The van der Waals surface area contributed by atoms with Gasteiger partial charge in [0.25, 0.3) is 0 Å². The summed E-state index contributed by atoms with van der Waals surface area (Å²) < 4.78 is 5.32. The van der Waals surface area contributed by atoms with Crippen LogP contribution in [0.5, 0.6) is 0 Å². The van der Waals surface area contributed by atoms with Gasteiger partial charge >= 0.3 is 6.03 Å². The fraction of sp³-hybridized carbons (Fsp3) is 0.267. The van der Waals surface area contributed by atoms with Crippen LogP contribution in [0.1, 0.15) is 18.6 Å². The topological polar surface area (TPSA) is 45.5 Å². The Bertz CT molecular complexity index is 639. The van der Waals surface area contributed by atoms with Crippen molar-refractivity contribution in [3.63, 3.8) is 0 Å². The van der Waals surface area contributed by atoms with Crippen molar-refractivity contribution in [1.82, 2.24) is 4.90 Å². The van der Waals surface area contributed by atoms with Crippen molar-refractivity contribution in [2.24, 2.45) is 0 Å². The molecule has 110 valence electrons. The molecule has 0 atom stereocenters. The number of halogens is 2. The Balaban J connectivity index is 1.70. The van der Waals surface area contributed by atoms with Gasteiger partial charge in [-0.1, -0.05) is 23.2 Å². The van der Waals surface area contributed by atoms with Crippen LogP contribution in [0.4, 0.5) is 10.5 Å². The molecule has 0 spiro atoms. The Morgan fingerprint density at radius 1 is 1.29 bits per heavy atom. The van der Waals surface area contributed by atoms with E-state index in [-0.39, 0.29) is 12.1 Å². The minimum atomic E-state index is -0.160. The molecule has 0 bridgehead atoms. The summed E-state index contributed by atoms with van der Waals surface area (Å²) in [6.45, 7) is 0.463. The Kier molecular flexibility index (Phi) is 4.08. The molecule has 1 aromatic heterocycles. The minimum Gasteiger partial charge on any atom is -0.467 e. The van der Waals surface area contributed by atoms with Crippen LogP contribution < -0.4 is 5.32 Å². The van der Waals surface area contributed by atoms with E-state index in [9.17, 15) is 4.79 Å². The number of carbonyl (C=O) groups excluding carboxylic acids is 1. The third kappa shape index (κ3) is 3.52. The molecular weight excluding hydrogens is 311 g/mol. The Morgan fingerprint density at radius 3 is 2.71 bits per heavy atom. The monoisotopic (exact) mass is 324 g/mol. The summed E-state index contributed by atoms with van der Waals surface area (Å²) in [6, 6.07) is 8.82. The maximum absolute atomic E-state index is 12.4. The molecule has 0 radical (unpaired) electrons. The lowest BCUT2D eigenvalue weighted by molar-refractivity contribution is 0.201. The van der Waals surface area contributed by atoms with Gasteiger partial charge in [0.2, 0.25) is 0 Å². The number of furan rings is 1. The van der Waals surface area contributed by atoms with Gasteiger partial charge in [-0.05, 0) is 43.2 Å². The lowest BCUT2D eigenvalue weighted by Gasteiger charge is -2.22. The van der Waals surface area contributed by atoms with Crippen molar-refractivity contribution in [1.29, 1.82) is 0 Å². The molecule has 0 unspecified atom stereocenters. The quantitative estimate of drug-likeness (QED) is 0.879. The maximum Gasteiger partial charge on any atom is 0.322 e. The summed E-state index contributed by atoms with van der Waals surface area (Å²) in [4.78, 5) is 14.2. The number of benzene rings is 1. The molecule has 2 amide bonds. The number of hydrogen-bond acceptors (Lipinski definition) is 2. The summed E-state index contributed by atoms with van der Waals surface area (Å²) in [5, 5.41) is 3.72. The standard InChI is InChI=1S/C15H14Cl2N2O2/c16-13-6-3-10(8-14(13)17)18-15(20)19(11-4-5-11)9-12-2-1-7-21-12/h1-3,6-8,11H,4-5,9H2,(H,18,20). The van der Waals surface area contributed by atoms with E-state index in [0.29, 0.717) is 22.3 Å². The molecule has 21 heavy (non-hydrogen) atoms. The molecule has 6 heteroatoms. The number of anilines is 1. The van der Waals surface area contributed by atoms with Crippen LogP contribution in [0.3, 0.4) is 0 Å². The molecule has 3 rings (SSSR count). The van der Waals surface area contributed by atoms with Gasteiger partial charge in [0.05, 0.1) is 22.9 Å². The fourth-order valence-electron chi connectivity index (χ4n) is 2.09. The highest BCUT2D eigenvalue weighted by molar-refractivity contribution is 6.42. The van der Waals surface area contributed by atoms with Crippen LogP contribution in [0.2, 0.25) is 10.0 Å². The average molecular weight is 325 g/mol. The zero-order chi connectivity index (χ0) is 14.8. The first-order valence-electron chi connectivity index (χ1n) is 6.68. The Labute approximate surface area is 132 Å². The second kappa shape index (κ2) is 6.00. The molecule has 1 fully saturated rings. The molecule has 0 aliphatic heterocycles. The van der Waals surface area contributed by atoms with Gasteiger partial charge in [-0.25, -0.2) is 4.79 Å². The number of carbonyl (C=O) groups is 1. The second-order valence-electron chi connectivity index (χ2n) is 5.00. The SMILES string of the molecule is O=C(Nc1ccc(Cl)c(Cl)c1)N(Cc1ccco1)C1CC1. The number of nitrogens with zero attached hydrogens (tertiary/aromatic N) is 1. The summed E-state index contributed by atoms with van der Waals surface area (Å²) in [7, 11) is 0. The van der Waals surface area contributed by atoms with E-state index >= 15 is 0 Å². The van der Waals surface area contributed by atoms with Crippen molar-refractivity contribution in [3.8, 4) is 0 Å². The van der Waals surface area contributed by atoms with Crippen LogP contribution in [0.25, 0.3) is 0 Å². The van der Waals surface area contributed by atoms with E-state index in [1.165, 1.54) is 0 Å². The summed E-state index contributed by atoms with van der Waals surface area (Å²) in [6.07, 6.45) is 3.66. The molecular formula is C15H14Cl2N2O2. The molecule has 2 aromatic rings. The minimum absolute atomic E-state index is 0.160. The molecule has 1 aromatic carbocycles. The first-order chi connectivity index (χ1) is 10.1. The molecule has 1 saturated carbocycles. The third-order valence-corrected chi connectivity index (χ3v) is 4.06. The molecule has 1 aliphatic carbocycles. The lowest BCUT2D eigenvalue weighted by Crippen LogP contribution is -2.36. The van der Waals surface area contributed by atoms with Crippen LogP contribution in [-0.2, 0) is 6.54 Å². The normalized spacial score (nSPS) is 14.0. The fourth-order valence-corrected chi connectivity index (χ4v) is 2.39. The van der Waals surface area contributed by atoms with Gasteiger partial charge in [0, 0.05) is 11.7 Å². The first kappa shape index (κ1) is 14.3. The summed E-state index contributed by atoms with van der Waals surface area (Å²) in [5.74, 6) is 0.770. The highest BCUT2D eigenvalue weighted by Crippen LogP contribution is 2.30. The van der Waals surface area contributed by atoms with Crippen LogP contribution in [0.15, 0.2) is 41.0 Å². The zero-order valence-electron chi connectivity index (χ0n) is 11.2. The van der Waals surface area contributed by atoms with Gasteiger partial charge in [0.1, 0.15) is 5.76 Å². The Morgan fingerprint density at radius 2 is 2.10 bits per heavy atom. The van der Waals surface area contributed by atoms with E-state index in [4.69, 9.17) is 27.6 Å². The van der Waals surface area contributed by atoms with Crippen molar-refractivity contribution in [3.05, 3.63) is 52.4 Å². The van der Waals surface area contributed by atoms with Crippen molar-refractivity contribution in [2.45, 2.75) is 25.4 Å². The van der Waals surface area contributed by atoms with E-state index < -0.39 is 0 Å². The predicted octanol–water partition coefficient (Wildman–Crippen LogP) is 4.78. The van der Waals surface area contributed by atoms with Crippen LogP contribution >= 0.6 is 23.2 Å². The zero-order valence-corrected chi connectivity index (χ0v) is 12.7. The highest BCUT2D eigenvalue weighted by atomic mass is 35.5. The van der Waals surface area contributed by atoms with E-state index in [1.807, 2.05) is 12.1 Å². The summed E-state index contributed by atoms with van der Waals surface area (Å²) >= 11 is 11.8. The Hall–Kier alpha value is -1.65. The number of hydrogen-bond donors (Lipinski definition) is 1. The lowest BCUT2D eigenvalue weighted by atomic mass is 10.3. The molecule has 1 N–H and O–H groups in total. The highest BCUT2D eigenvalue weighted by Gasteiger charge is 2.33. The number of amides is 2. The van der Waals surface area contributed by atoms with Crippen molar-refractivity contribution in [2.75, 3.05) is 5.32 Å². The van der Waals surface area contributed by atoms with E-state index in [0.717, 1.165) is 18.6 Å². The van der Waals surface area contributed by atoms with Crippen molar-refractivity contribution >= 4 is 34.9 Å². The molecule has 1 heterocycles. The van der Waals surface area contributed by atoms with Crippen molar-refractivity contribution < 1.29 is 9.21 Å². The van der Waals surface area contributed by atoms with Gasteiger partial charge in [-0.2, -0.15) is 0 Å². The largest absolute Gasteiger partial charge is 0.467 e. The van der Waals surface area contributed by atoms with Gasteiger partial charge in [0.15, 0.2) is 0 Å². The van der Waals surface area contributed by atoms with Crippen LogP contribution in [0, 0.1) is 0 Å². The second-order valence-corrected chi connectivity index (χ2v) is 5.81. The van der Waals surface area contributed by atoms with Gasteiger partial charge in [-0.3, -0.25) is 0 Å². The van der Waals surface area contributed by atoms with E-state index in [2.05, 4.69) is 5.32 Å². The van der Waals surface area contributed by atoms with Gasteiger partial charge in [-0.15, -0.1) is 0 Å². The number of rotatable bonds is 4. The smallest absolute Gasteiger partial charge is 0.322 e. The van der Waals surface area contributed by atoms with Crippen LogP contribution in [-0.4, -0.2) is 17.0 Å². The summed E-state index contributed by atoms with van der Waals surface area (Å²) in [5.41, 5.74) is 0.625. The maximum atomic E-state index is 12.4. The van der Waals surface area contributed by atoms with E-state index in [1.54, 1.807) is 29.4 Å².